The van der Waals surface area contributed by atoms with E-state index in [2.05, 4.69) is 0 Å². The molecule has 4 nitrogen and oxygen atoms in total. The zero-order chi connectivity index (χ0) is 13.8. The lowest BCUT2D eigenvalue weighted by molar-refractivity contribution is 0.111. The first-order chi connectivity index (χ1) is 9.21. The van der Waals surface area contributed by atoms with Crippen LogP contribution in [-0.2, 0) is 0 Å². The molecular weight excluding hydrogens is 244 g/mol. The average Bonchev–Trinajstić information content (AvgIpc) is 2.98. The molecule has 2 rings (SSSR count). The summed E-state index contributed by atoms with van der Waals surface area (Å²) in [6.07, 6.45) is 4.10. The Morgan fingerprint density at radius 3 is 1.95 bits per heavy atom. The summed E-state index contributed by atoms with van der Waals surface area (Å²) in [4.78, 5) is 0. The third-order valence-corrected chi connectivity index (χ3v) is 3.87. The molecule has 0 saturated heterocycles. The second kappa shape index (κ2) is 6.15. The number of aliphatic hydroxyl groups is 1. The second-order valence-corrected chi connectivity index (χ2v) is 4.95. The van der Waals surface area contributed by atoms with Gasteiger partial charge in [0.15, 0.2) is 11.5 Å². The number of methoxy groups -OCH3 is 3. The van der Waals surface area contributed by atoms with Gasteiger partial charge in [0.25, 0.3) is 0 Å². The molecule has 19 heavy (non-hydrogen) atoms. The van der Waals surface area contributed by atoms with Crippen molar-refractivity contribution in [1.29, 1.82) is 0 Å². The molecule has 0 amide bonds. The van der Waals surface area contributed by atoms with Crippen LogP contribution in [0.15, 0.2) is 12.1 Å². The molecule has 1 unspecified atom stereocenters. The zero-order valence-corrected chi connectivity index (χ0v) is 11.8. The van der Waals surface area contributed by atoms with Crippen molar-refractivity contribution in [3.05, 3.63) is 17.7 Å². The molecule has 0 heterocycles. The van der Waals surface area contributed by atoms with E-state index in [0.29, 0.717) is 23.2 Å². The van der Waals surface area contributed by atoms with Gasteiger partial charge >= 0.3 is 0 Å². The zero-order valence-electron chi connectivity index (χ0n) is 11.8. The highest BCUT2D eigenvalue weighted by molar-refractivity contribution is 5.54. The van der Waals surface area contributed by atoms with Gasteiger partial charge in [0.05, 0.1) is 27.4 Å². The Morgan fingerprint density at radius 2 is 1.53 bits per heavy atom. The maximum atomic E-state index is 10.5. The highest BCUT2D eigenvalue weighted by atomic mass is 16.5. The molecular formula is C15H22O4. The average molecular weight is 266 g/mol. The van der Waals surface area contributed by atoms with Crippen LogP contribution >= 0.6 is 0 Å². The molecule has 1 N–H and O–H groups in total. The molecule has 4 heteroatoms. The van der Waals surface area contributed by atoms with E-state index in [9.17, 15) is 5.11 Å². The molecule has 1 atom stereocenters. The van der Waals surface area contributed by atoms with Gasteiger partial charge in [-0.05, 0) is 36.5 Å². The lowest BCUT2D eigenvalue weighted by Crippen LogP contribution is -2.09. The number of hydrogen-bond acceptors (Lipinski definition) is 4. The van der Waals surface area contributed by atoms with E-state index >= 15 is 0 Å². The van der Waals surface area contributed by atoms with Gasteiger partial charge in [-0.25, -0.2) is 0 Å². The Labute approximate surface area is 114 Å². The monoisotopic (exact) mass is 266 g/mol. The van der Waals surface area contributed by atoms with Crippen molar-refractivity contribution in [2.75, 3.05) is 21.3 Å². The maximum Gasteiger partial charge on any atom is 0.203 e. The van der Waals surface area contributed by atoms with E-state index in [4.69, 9.17) is 14.2 Å². The lowest BCUT2D eigenvalue weighted by atomic mass is 9.94. The van der Waals surface area contributed by atoms with Gasteiger partial charge in [-0.15, -0.1) is 0 Å². The normalized spacial score (nSPS) is 17.3. The minimum absolute atomic E-state index is 0.336. The van der Waals surface area contributed by atoms with Crippen LogP contribution in [-0.4, -0.2) is 26.4 Å². The summed E-state index contributed by atoms with van der Waals surface area (Å²) in [6.45, 7) is 0. The number of ether oxygens (including phenoxy) is 3. The summed E-state index contributed by atoms with van der Waals surface area (Å²) < 4.78 is 15.9. The number of rotatable bonds is 5. The van der Waals surface area contributed by atoms with Gasteiger partial charge in [0, 0.05) is 0 Å². The standard InChI is InChI=1S/C15H22O4/c1-17-12-8-11(9-13(18-2)15(12)19-3)14(16)10-6-4-5-7-10/h8-10,14,16H,4-7H2,1-3H3. The maximum absolute atomic E-state index is 10.5. The Kier molecular flexibility index (Phi) is 4.53. The fourth-order valence-corrected chi connectivity index (χ4v) is 2.82. The fraction of sp³-hybridized carbons (Fsp3) is 0.600. The molecule has 0 aromatic heterocycles. The summed E-state index contributed by atoms with van der Waals surface area (Å²) in [5.74, 6) is 2.08. The van der Waals surface area contributed by atoms with Crippen molar-refractivity contribution in [3.63, 3.8) is 0 Å². The molecule has 1 aliphatic rings. The largest absolute Gasteiger partial charge is 0.493 e. The van der Waals surface area contributed by atoms with Gasteiger partial charge in [-0.3, -0.25) is 0 Å². The van der Waals surface area contributed by atoms with Crippen molar-refractivity contribution < 1.29 is 19.3 Å². The predicted molar refractivity (Wildman–Crippen MR) is 73.0 cm³/mol. The minimum Gasteiger partial charge on any atom is -0.493 e. The first-order valence-electron chi connectivity index (χ1n) is 6.69. The number of hydrogen-bond donors (Lipinski definition) is 1. The Hall–Kier alpha value is -1.42. The molecule has 0 bridgehead atoms. The predicted octanol–water partition coefficient (Wildman–Crippen LogP) is 2.94. The highest BCUT2D eigenvalue weighted by Crippen LogP contribution is 2.43. The molecule has 0 aliphatic heterocycles. The molecule has 1 aromatic rings. The van der Waals surface area contributed by atoms with Crippen molar-refractivity contribution in [3.8, 4) is 17.2 Å². The first-order valence-corrected chi connectivity index (χ1v) is 6.69. The Morgan fingerprint density at radius 1 is 1.00 bits per heavy atom. The van der Waals surface area contributed by atoms with Crippen LogP contribution in [0.4, 0.5) is 0 Å². The van der Waals surface area contributed by atoms with Gasteiger partial charge in [0.2, 0.25) is 5.75 Å². The van der Waals surface area contributed by atoms with Gasteiger partial charge in [-0.1, -0.05) is 12.8 Å². The van der Waals surface area contributed by atoms with E-state index < -0.39 is 6.10 Å². The molecule has 106 valence electrons. The van der Waals surface area contributed by atoms with Crippen molar-refractivity contribution in [2.24, 2.45) is 5.92 Å². The van der Waals surface area contributed by atoms with E-state index in [1.54, 1.807) is 21.3 Å². The third-order valence-electron chi connectivity index (χ3n) is 3.87. The van der Waals surface area contributed by atoms with Crippen LogP contribution in [0.2, 0.25) is 0 Å². The van der Waals surface area contributed by atoms with E-state index in [1.165, 1.54) is 12.8 Å². The number of benzene rings is 1. The molecule has 1 saturated carbocycles. The summed E-state index contributed by atoms with van der Waals surface area (Å²) in [5.41, 5.74) is 0.835. The number of aliphatic hydroxyl groups excluding tert-OH is 1. The quantitative estimate of drug-likeness (QED) is 0.890. The SMILES string of the molecule is COc1cc(C(O)C2CCCC2)cc(OC)c1OC. The first kappa shape index (κ1) is 14.0. The molecule has 1 fully saturated rings. The van der Waals surface area contributed by atoms with Gasteiger partial charge in [-0.2, -0.15) is 0 Å². The van der Waals surface area contributed by atoms with E-state index in [-0.39, 0.29) is 0 Å². The Balaban J connectivity index is 2.34. The van der Waals surface area contributed by atoms with Crippen molar-refractivity contribution in [1.82, 2.24) is 0 Å². The fourth-order valence-electron chi connectivity index (χ4n) is 2.82. The third kappa shape index (κ3) is 2.78. The smallest absolute Gasteiger partial charge is 0.203 e. The summed E-state index contributed by atoms with van der Waals surface area (Å²) in [5, 5.41) is 10.5. The summed E-state index contributed by atoms with van der Waals surface area (Å²) >= 11 is 0. The van der Waals surface area contributed by atoms with E-state index in [1.807, 2.05) is 12.1 Å². The van der Waals surface area contributed by atoms with Gasteiger partial charge in [0.1, 0.15) is 0 Å². The van der Waals surface area contributed by atoms with Crippen molar-refractivity contribution >= 4 is 0 Å². The van der Waals surface area contributed by atoms with Crippen LogP contribution in [0.1, 0.15) is 37.4 Å². The summed E-state index contributed by atoms with van der Waals surface area (Å²) in [6, 6.07) is 3.68. The molecule has 0 spiro atoms. The van der Waals surface area contributed by atoms with Crippen LogP contribution in [0.5, 0.6) is 17.2 Å². The highest BCUT2D eigenvalue weighted by Gasteiger charge is 2.26. The second-order valence-electron chi connectivity index (χ2n) is 4.95. The van der Waals surface area contributed by atoms with Gasteiger partial charge < -0.3 is 19.3 Å². The van der Waals surface area contributed by atoms with Crippen molar-refractivity contribution in [2.45, 2.75) is 31.8 Å². The summed E-state index contributed by atoms with van der Waals surface area (Å²) in [7, 11) is 4.75. The molecule has 1 aliphatic carbocycles. The molecule has 0 radical (unpaired) electrons. The van der Waals surface area contributed by atoms with Crippen LogP contribution in [0, 0.1) is 5.92 Å². The lowest BCUT2D eigenvalue weighted by Gasteiger charge is -2.21. The molecule has 1 aromatic carbocycles. The van der Waals surface area contributed by atoms with Crippen LogP contribution in [0.25, 0.3) is 0 Å². The minimum atomic E-state index is -0.462. The van der Waals surface area contributed by atoms with Crippen LogP contribution in [0.3, 0.4) is 0 Å². The Bertz CT molecular complexity index is 399. The topological polar surface area (TPSA) is 47.9 Å². The van der Waals surface area contributed by atoms with E-state index in [0.717, 1.165) is 18.4 Å². The van der Waals surface area contributed by atoms with Crippen LogP contribution < -0.4 is 14.2 Å².